The number of hydrogen-bond donors (Lipinski definition) is 0. The Labute approximate surface area is 71.8 Å². The summed E-state index contributed by atoms with van der Waals surface area (Å²) in [5.41, 5.74) is 0. The van der Waals surface area contributed by atoms with Gasteiger partial charge in [0.25, 0.3) is 0 Å². The summed E-state index contributed by atoms with van der Waals surface area (Å²) in [6, 6.07) is 0. The first-order valence-electron chi connectivity index (χ1n) is 1.11. The van der Waals surface area contributed by atoms with Crippen LogP contribution in [0, 0.1) is 29.9 Å². The Kier molecular flexibility index (Phi) is 91.1. The first kappa shape index (κ1) is 34.4. The van der Waals surface area contributed by atoms with Crippen molar-refractivity contribution in [3.05, 3.63) is 0 Å². The molecule has 0 aliphatic rings. The number of carbonyl (C=O) groups is 1. The van der Waals surface area contributed by atoms with Crippen LogP contribution in [-0.4, -0.2) is 27.9 Å². The van der Waals surface area contributed by atoms with Crippen molar-refractivity contribution < 1.29 is 58.9 Å². The molecule has 6 nitrogen and oxygen atoms in total. The van der Waals surface area contributed by atoms with E-state index in [-0.39, 0.29) is 27.9 Å². The third-order valence-corrected chi connectivity index (χ3v) is 1.34. The van der Waals surface area contributed by atoms with Gasteiger partial charge in [-0.05, 0) is 0 Å². The molecular formula is C2H11O6U. The zero-order chi connectivity index (χ0) is 4.28. The van der Waals surface area contributed by atoms with Gasteiger partial charge in [-0.2, -0.15) is 0 Å². The van der Waals surface area contributed by atoms with Crippen molar-refractivity contribution >= 4 is 5.97 Å². The molecule has 0 amide bonds. The maximum absolute atomic E-state index is 9.63. The van der Waals surface area contributed by atoms with Crippen LogP contribution in [0.5, 0.6) is 0 Å². The molecule has 0 aliphatic heterocycles. The molecule has 0 aromatic heterocycles. The molecule has 0 radical (unpaired) electrons. The molecule has 0 fully saturated rings. The summed E-state index contributed by atoms with van der Waals surface area (Å²) in [5, 5.41) is 0. The standard InChI is InChI=1S/C2H4O2.4H2O.U/c1-2(3)4;;;;;/h1H3,(H,3,4);4*1H2;/q;;;;;+1/p-1. The number of hydrogen-bond acceptors (Lipinski definition) is 2. The Hall–Kier alpha value is 0.362. The van der Waals surface area contributed by atoms with Gasteiger partial charge < -0.3 is 21.9 Å². The van der Waals surface area contributed by atoms with E-state index >= 15 is 0 Å². The van der Waals surface area contributed by atoms with Crippen LogP contribution in [0.25, 0.3) is 0 Å². The van der Waals surface area contributed by atoms with Crippen molar-refractivity contribution in [1.82, 2.24) is 0 Å². The Morgan fingerprint density at radius 3 is 1.33 bits per heavy atom. The van der Waals surface area contributed by atoms with Crippen LogP contribution >= 0.6 is 0 Å². The van der Waals surface area contributed by atoms with Crippen LogP contribution in [0.4, 0.5) is 0 Å². The molecule has 59 valence electrons. The fourth-order valence-corrected chi connectivity index (χ4v) is 0. The minimum atomic E-state index is -0.171. The number of carbonyl (C=O) groups excluding carboxylic acids is 1. The van der Waals surface area contributed by atoms with E-state index in [0.29, 0.717) is 29.9 Å². The van der Waals surface area contributed by atoms with Crippen LogP contribution in [0.1, 0.15) is 6.92 Å². The quantitative estimate of drug-likeness (QED) is 0.440. The van der Waals surface area contributed by atoms with Crippen LogP contribution in [0.3, 0.4) is 0 Å². The normalized spacial score (nSPS) is 3.89. The molecule has 0 saturated heterocycles. The summed E-state index contributed by atoms with van der Waals surface area (Å²) in [5.74, 6) is -0.171. The van der Waals surface area contributed by atoms with Gasteiger partial charge >= 0.3 is 49.8 Å². The van der Waals surface area contributed by atoms with E-state index in [1.54, 1.807) is 0 Å². The van der Waals surface area contributed by atoms with Crippen molar-refractivity contribution in [2.75, 3.05) is 0 Å². The van der Waals surface area contributed by atoms with E-state index in [4.69, 9.17) is 0 Å². The second-order valence-electron chi connectivity index (χ2n) is 0.594. The molecule has 0 heterocycles. The van der Waals surface area contributed by atoms with Gasteiger partial charge in [0.1, 0.15) is 0 Å². The molecule has 0 atom stereocenters. The monoisotopic (exact) mass is 369 g/mol. The minimum Gasteiger partial charge on any atom is -0.412 e. The van der Waals surface area contributed by atoms with Gasteiger partial charge in [0, 0.05) is 0 Å². The molecule has 8 N–H and O–H groups in total. The smallest absolute Gasteiger partial charge is 0.412 e. The molecule has 0 bridgehead atoms. The molecule has 7 heteroatoms. The van der Waals surface area contributed by atoms with Gasteiger partial charge in [0.05, 0.1) is 0 Å². The third kappa shape index (κ3) is 60.7. The summed E-state index contributed by atoms with van der Waals surface area (Å²) in [6.45, 7) is 1.40. The molecule has 0 aliphatic carbocycles. The van der Waals surface area contributed by atoms with Gasteiger partial charge in [-0.1, -0.05) is 0 Å². The predicted molar refractivity (Wildman–Crippen MR) is 26.2 cm³/mol. The Bertz CT molecular complexity index is 46.3. The maximum Gasteiger partial charge on any atom is -0.412 e. The van der Waals surface area contributed by atoms with Crippen molar-refractivity contribution in [2.45, 2.75) is 6.92 Å². The summed E-state index contributed by atoms with van der Waals surface area (Å²) >= 11 is 0.349. The summed E-state index contributed by atoms with van der Waals surface area (Å²) in [7, 11) is 0. The fourth-order valence-electron chi connectivity index (χ4n) is 0. The average Bonchev–Trinajstić information content (AvgIpc) is 1.38. The second-order valence-corrected chi connectivity index (χ2v) is 1.44. The van der Waals surface area contributed by atoms with Crippen LogP contribution in [-0.2, 0) is 7.04 Å². The van der Waals surface area contributed by atoms with Gasteiger partial charge in [0.15, 0.2) is 0 Å². The average molecular weight is 369 g/mol. The fraction of sp³-hybridized carbons (Fsp3) is 0.500. The van der Waals surface area contributed by atoms with E-state index < -0.39 is 0 Å². The van der Waals surface area contributed by atoms with Gasteiger partial charge in [-0.25, -0.2) is 0 Å². The van der Waals surface area contributed by atoms with E-state index in [0.717, 1.165) is 0 Å². The topological polar surface area (TPSA) is 152 Å². The van der Waals surface area contributed by atoms with Crippen molar-refractivity contribution in [3.63, 3.8) is 0 Å². The van der Waals surface area contributed by atoms with Gasteiger partial charge in [0.2, 0.25) is 0 Å². The molecule has 0 unspecified atom stereocenters. The first-order valence-corrected chi connectivity index (χ1v) is 2.81. The van der Waals surface area contributed by atoms with E-state index in [2.05, 4.69) is 2.24 Å². The summed E-state index contributed by atoms with van der Waals surface area (Å²) < 4.78 is 4.28. The van der Waals surface area contributed by atoms with E-state index in [1.165, 1.54) is 6.92 Å². The van der Waals surface area contributed by atoms with E-state index in [1.807, 2.05) is 0 Å². The molecule has 9 heavy (non-hydrogen) atoms. The van der Waals surface area contributed by atoms with Crippen LogP contribution in [0.2, 0.25) is 0 Å². The number of rotatable bonds is 0. The van der Waals surface area contributed by atoms with Crippen molar-refractivity contribution in [1.29, 1.82) is 0 Å². The summed E-state index contributed by atoms with van der Waals surface area (Å²) in [4.78, 5) is 9.63. The maximum atomic E-state index is 9.63. The largest absolute Gasteiger partial charge is 0.412 e. The first-order chi connectivity index (χ1) is 2.27. The van der Waals surface area contributed by atoms with Crippen molar-refractivity contribution in [3.8, 4) is 0 Å². The SMILES string of the molecule is CC(=O)[O][U].O.O.O.O. The molecule has 0 spiro atoms. The molecule has 0 rings (SSSR count). The van der Waals surface area contributed by atoms with E-state index in [9.17, 15) is 4.79 Å². The molecule has 0 aromatic carbocycles. The zero-order valence-electron chi connectivity index (χ0n) is 4.82. The Balaban J connectivity index is -0.0000000133. The molecule has 0 saturated carbocycles. The molecule has 0 aromatic rings. The minimum absolute atomic E-state index is 0. The third-order valence-electron chi connectivity index (χ3n) is 0.144. The van der Waals surface area contributed by atoms with Crippen LogP contribution < -0.4 is 0 Å². The van der Waals surface area contributed by atoms with Crippen LogP contribution in [0.15, 0.2) is 0 Å². The predicted octanol–water partition coefficient (Wildman–Crippen LogP) is -3.29. The Morgan fingerprint density at radius 2 is 1.33 bits per heavy atom. The van der Waals surface area contributed by atoms with Gasteiger partial charge in [-0.3, -0.25) is 0 Å². The Morgan fingerprint density at radius 1 is 1.22 bits per heavy atom. The molecular weight excluding hydrogens is 358 g/mol. The zero-order valence-corrected chi connectivity index (χ0v) is 8.98. The van der Waals surface area contributed by atoms with Crippen molar-refractivity contribution in [2.24, 2.45) is 0 Å². The second kappa shape index (κ2) is 23.8. The summed E-state index contributed by atoms with van der Waals surface area (Å²) in [6.07, 6.45) is 0. The van der Waals surface area contributed by atoms with Gasteiger partial charge in [-0.15, -0.1) is 0 Å².